The van der Waals surface area contributed by atoms with E-state index in [4.69, 9.17) is 4.74 Å². The van der Waals surface area contributed by atoms with Crippen molar-refractivity contribution in [3.05, 3.63) is 59.7 Å². The summed E-state index contributed by atoms with van der Waals surface area (Å²) in [7, 11) is 0. The molecule has 0 heterocycles. The number of aliphatic carboxylic acids is 1. The third-order valence-corrected chi connectivity index (χ3v) is 6.78. The Kier molecular flexibility index (Phi) is 6.51. The van der Waals surface area contributed by atoms with Crippen molar-refractivity contribution < 1.29 is 19.4 Å². The molecule has 2 aliphatic rings. The zero-order chi connectivity index (χ0) is 20.9. The Bertz CT molecular complexity index is 852. The van der Waals surface area contributed by atoms with Crippen LogP contribution in [0.25, 0.3) is 11.1 Å². The van der Waals surface area contributed by atoms with Crippen LogP contribution in [0.2, 0.25) is 0 Å². The lowest BCUT2D eigenvalue weighted by atomic mass is 9.83. The zero-order valence-corrected chi connectivity index (χ0v) is 17.4. The van der Waals surface area contributed by atoms with Gasteiger partial charge in [-0.1, -0.05) is 80.6 Å². The average Bonchev–Trinajstić information content (AvgIpc) is 3.09. The van der Waals surface area contributed by atoms with E-state index in [0.717, 1.165) is 6.42 Å². The van der Waals surface area contributed by atoms with Crippen LogP contribution in [0.3, 0.4) is 0 Å². The second-order valence-corrected chi connectivity index (χ2v) is 8.73. The molecule has 0 aromatic heterocycles. The number of hydrogen-bond acceptors (Lipinski definition) is 3. The number of rotatable bonds is 8. The molecule has 4 nitrogen and oxygen atoms in total. The Hall–Kier alpha value is -2.62. The fraction of sp³-hybridized carbons (Fsp3) is 0.462. The van der Waals surface area contributed by atoms with E-state index in [1.54, 1.807) is 0 Å². The van der Waals surface area contributed by atoms with E-state index in [9.17, 15) is 14.7 Å². The van der Waals surface area contributed by atoms with Gasteiger partial charge in [-0.3, -0.25) is 9.59 Å². The van der Waals surface area contributed by atoms with Crippen LogP contribution in [-0.2, 0) is 14.3 Å². The van der Waals surface area contributed by atoms with Gasteiger partial charge in [-0.2, -0.15) is 0 Å². The predicted octanol–water partition coefficient (Wildman–Crippen LogP) is 5.79. The highest BCUT2D eigenvalue weighted by Gasteiger charge is 2.30. The van der Waals surface area contributed by atoms with Crippen LogP contribution in [0.1, 0.15) is 68.4 Å². The van der Waals surface area contributed by atoms with Crippen LogP contribution < -0.4 is 0 Å². The van der Waals surface area contributed by atoms with Gasteiger partial charge in [-0.25, -0.2) is 0 Å². The van der Waals surface area contributed by atoms with E-state index in [0.29, 0.717) is 12.3 Å². The van der Waals surface area contributed by atoms with Crippen LogP contribution >= 0.6 is 0 Å². The molecule has 1 atom stereocenters. The van der Waals surface area contributed by atoms with Gasteiger partial charge in [0.05, 0.1) is 12.3 Å². The number of carboxylic acids is 1. The number of ether oxygens (including phenoxy) is 1. The van der Waals surface area contributed by atoms with E-state index in [-0.39, 0.29) is 18.9 Å². The Morgan fingerprint density at radius 3 is 2.13 bits per heavy atom. The standard InChI is InChI=1S/C26H30O4/c27-25(16-19(26(28)29)15-14-18-8-2-1-3-9-18)30-17-24-22-12-6-4-10-20(22)21-11-5-7-13-23(21)24/h4-7,10-13,18-19,24H,1-3,8-9,14-17H2,(H,28,29)/t19-/m1/s1. The number of carbonyl (C=O) groups is 2. The number of esters is 1. The summed E-state index contributed by atoms with van der Waals surface area (Å²) >= 11 is 0. The molecule has 1 fully saturated rings. The molecule has 1 N–H and O–H groups in total. The monoisotopic (exact) mass is 406 g/mol. The van der Waals surface area contributed by atoms with Gasteiger partial charge in [-0.15, -0.1) is 0 Å². The Morgan fingerprint density at radius 2 is 1.53 bits per heavy atom. The highest BCUT2D eigenvalue weighted by molar-refractivity contribution is 5.80. The Morgan fingerprint density at radius 1 is 0.933 bits per heavy atom. The van der Waals surface area contributed by atoms with Gasteiger partial charge >= 0.3 is 11.9 Å². The summed E-state index contributed by atoms with van der Waals surface area (Å²) in [6.07, 6.45) is 7.58. The zero-order valence-electron chi connectivity index (χ0n) is 17.4. The minimum atomic E-state index is -0.890. The van der Waals surface area contributed by atoms with Crippen molar-refractivity contribution in [2.75, 3.05) is 6.61 Å². The number of carbonyl (C=O) groups excluding carboxylic acids is 1. The molecule has 0 unspecified atom stereocenters. The van der Waals surface area contributed by atoms with Crippen LogP contribution in [0, 0.1) is 11.8 Å². The number of benzene rings is 2. The maximum atomic E-state index is 12.5. The fourth-order valence-corrected chi connectivity index (χ4v) is 5.10. The molecule has 0 radical (unpaired) electrons. The fourth-order valence-electron chi connectivity index (χ4n) is 5.10. The van der Waals surface area contributed by atoms with Crippen molar-refractivity contribution in [2.24, 2.45) is 11.8 Å². The maximum Gasteiger partial charge on any atom is 0.307 e. The summed E-state index contributed by atoms with van der Waals surface area (Å²) < 4.78 is 5.61. The molecule has 0 amide bonds. The van der Waals surface area contributed by atoms with E-state index < -0.39 is 17.9 Å². The van der Waals surface area contributed by atoms with Gasteiger partial charge in [-0.05, 0) is 41.0 Å². The molecule has 4 rings (SSSR count). The normalized spacial score (nSPS) is 17.2. The van der Waals surface area contributed by atoms with Crippen molar-refractivity contribution >= 4 is 11.9 Å². The molecule has 0 aliphatic heterocycles. The third kappa shape index (κ3) is 4.58. The maximum absolute atomic E-state index is 12.5. The molecular weight excluding hydrogens is 376 g/mol. The van der Waals surface area contributed by atoms with E-state index in [1.165, 1.54) is 54.4 Å². The third-order valence-electron chi connectivity index (χ3n) is 6.78. The number of fused-ring (bicyclic) bond motifs is 3. The molecule has 2 aromatic rings. The highest BCUT2D eigenvalue weighted by Crippen LogP contribution is 2.44. The van der Waals surface area contributed by atoms with Crippen molar-refractivity contribution in [1.29, 1.82) is 0 Å². The van der Waals surface area contributed by atoms with Crippen molar-refractivity contribution in [3.63, 3.8) is 0 Å². The van der Waals surface area contributed by atoms with Gasteiger partial charge in [0.25, 0.3) is 0 Å². The van der Waals surface area contributed by atoms with E-state index in [2.05, 4.69) is 24.3 Å². The molecular formula is C26H30O4. The number of hydrogen-bond donors (Lipinski definition) is 1. The predicted molar refractivity (Wildman–Crippen MR) is 116 cm³/mol. The summed E-state index contributed by atoms with van der Waals surface area (Å²) in [4.78, 5) is 24.2. The Labute approximate surface area is 178 Å². The average molecular weight is 407 g/mol. The lowest BCUT2D eigenvalue weighted by molar-refractivity contribution is -0.152. The summed E-state index contributed by atoms with van der Waals surface area (Å²) in [5, 5.41) is 9.58. The van der Waals surface area contributed by atoms with Gasteiger partial charge in [0, 0.05) is 5.92 Å². The molecule has 158 valence electrons. The summed E-state index contributed by atoms with van der Waals surface area (Å²) in [6.45, 7) is 0.252. The van der Waals surface area contributed by atoms with Gasteiger partial charge in [0.15, 0.2) is 0 Å². The first-order valence-corrected chi connectivity index (χ1v) is 11.2. The minimum Gasteiger partial charge on any atom is -0.481 e. The van der Waals surface area contributed by atoms with Crippen molar-refractivity contribution in [1.82, 2.24) is 0 Å². The van der Waals surface area contributed by atoms with Crippen molar-refractivity contribution in [3.8, 4) is 11.1 Å². The summed E-state index contributed by atoms with van der Waals surface area (Å²) in [6, 6.07) is 16.4. The quantitative estimate of drug-likeness (QED) is 0.563. The van der Waals surface area contributed by atoms with Crippen LogP contribution in [0.15, 0.2) is 48.5 Å². The lowest BCUT2D eigenvalue weighted by Gasteiger charge is -2.23. The van der Waals surface area contributed by atoms with Gasteiger partial charge in [0.1, 0.15) is 6.61 Å². The van der Waals surface area contributed by atoms with Gasteiger partial charge in [0.2, 0.25) is 0 Å². The minimum absolute atomic E-state index is 0.00636. The SMILES string of the molecule is O=C(C[C@@H](CCC1CCCCC1)C(=O)O)OCC1c2ccccc2-c2ccccc21. The van der Waals surface area contributed by atoms with Gasteiger partial charge < -0.3 is 9.84 Å². The molecule has 0 saturated heterocycles. The Balaban J connectivity index is 1.35. The van der Waals surface area contributed by atoms with E-state index >= 15 is 0 Å². The van der Waals surface area contributed by atoms with Crippen LogP contribution in [0.5, 0.6) is 0 Å². The second-order valence-electron chi connectivity index (χ2n) is 8.73. The highest BCUT2D eigenvalue weighted by atomic mass is 16.5. The molecule has 2 aliphatic carbocycles. The smallest absolute Gasteiger partial charge is 0.307 e. The number of carboxylic acid groups (broad SMARTS) is 1. The topological polar surface area (TPSA) is 63.6 Å². The lowest BCUT2D eigenvalue weighted by Crippen LogP contribution is -2.22. The first-order chi connectivity index (χ1) is 14.6. The van der Waals surface area contributed by atoms with Crippen LogP contribution in [0.4, 0.5) is 0 Å². The molecule has 0 bridgehead atoms. The molecule has 0 spiro atoms. The van der Waals surface area contributed by atoms with E-state index in [1.807, 2.05) is 24.3 Å². The summed E-state index contributed by atoms with van der Waals surface area (Å²) in [5.41, 5.74) is 4.70. The first kappa shape index (κ1) is 20.6. The second kappa shape index (κ2) is 9.46. The van der Waals surface area contributed by atoms with Crippen molar-refractivity contribution in [2.45, 2.75) is 57.3 Å². The summed E-state index contributed by atoms with van der Waals surface area (Å²) in [5.74, 6) is -1.33. The molecule has 4 heteroatoms. The molecule has 1 saturated carbocycles. The molecule has 30 heavy (non-hydrogen) atoms. The molecule has 2 aromatic carbocycles. The largest absolute Gasteiger partial charge is 0.481 e. The van der Waals surface area contributed by atoms with Crippen LogP contribution in [-0.4, -0.2) is 23.7 Å². The first-order valence-electron chi connectivity index (χ1n) is 11.2.